The van der Waals surface area contributed by atoms with E-state index in [-0.39, 0.29) is 11.3 Å². The summed E-state index contributed by atoms with van der Waals surface area (Å²) in [5.41, 5.74) is -0.0249. The lowest BCUT2D eigenvalue weighted by Crippen LogP contribution is -2.31. The smallest absolute Gasteiger partial charge is 0.254 e. The number of carbonyl (C=O) groups excluding carboxylic acids is 1. The summed E-state index contributed by atoms with van der Waals surface area (Å²) in [5, 5.41) is 15.1. The topological polar surface area (TPSA) is 61.4 Å². The van der Waals surface area contributed by atoms with Gasteiger partial charge in [0.05, 0.1) is 5.56 Å². The molecule has 2 rings (SSSR count). The van der Waals surface area contributed by atoms with Gasteiger partial charge in [-0.3, -0.25) is 4.79 Å². The first-order chi connectivity index (χ1) is 9.16. The first-order valence-corrected chi connectivity index (χ1v) is 6.64. The molecule has 1 aliphatic rings. The van der Waals surface area contributed by atoms with Crippen LogP contribution in [0.15, 0.2) is 18.2 Å². The number of hydrogen-bond donors (Lipinski definition) is 3. The molecule has 1 fully saturated rings. The maximum atomic E-state index is 13.5. The van der Waals surface area contributed by atoms with E-state index < -0.39 is 11.7 Å². The summed E-state index contributed by atoms with van der Waals surface area (Å²) in [4.78, 5) is 11.8. The largest absolute Gasteiger partial charge is 0.508 e. The molecule has 0 spiro atoms. The molecule has 1 aliphatic heterocycles. The Bertz CT molecular complexity index is 445. The quantitative estimate of drug-likeness (QED) is 0.776. The van der Waals surface area contributed by atoms with Crippen LogP contribution in [0.1, 0.15) is 29.6 Å². The molecular formula is C14H19FN2O2. The first-order valence-electron chi connectivity index (χ1n) is 6.64. The zero-order chi connectivity index (χ0) is 13.7. The highest BCUT2D eigenvalue weighted by Crippen LogP contribution is 2.16. The van der Waals surface area contributed by atoms with Gasteiger partial charge >= 0.3 is 0 Å². The molecule has 5 heteroatoms. The highest BCUT2D eigenvalue weighted by Gasteiger charge is 2.15. The van der Waals surface area contributed by atoms with Gasteiger partial charge in [0.15, 0.2) is 0 Å². The lowest BCUT2D eigenvalue weighted by atomic mass is 9.95. The number of carbonyl (C=O) groups is 1. The predicted octanol–water partition coefficient (Wildman–Crippen LogP) is 1.65. The number of hydrogen-bond acceptors (Lipinski definition) is 3. The molecule has 104 valence electrons. The average Bonchev–Trinajstić information content (AvgIpc) is 2.39. The zero-order valence-corrected chi connectivity index (χ0v) is 10.8. The summed E-state index contributed by atoms with van der Waals surface area (Å²) < 4.78 is 13.5. The SMILES string of the molecule is O=C(NCCC1CCNCC1)c1ccc(O)cc1F. The fraction of sp³-hybridized carbons (Fsp3) is 0.500. The molecule has 0 unspecified atom stereocenters. The minimum absolute atomic E-state index is 0.0249. The molecule has 19 heavy (non-hydrogen) atoms. The molecule has 4 nitrogen and oxygen atoms in total. The molecular weight excluding hydrogens is 247 g/mol. The molecule has 0 aromatic heterocycles. The molecule has 0 radical (unpaired) electrons. The first kappa shape index (κ1) is 13.8. The number of phenolic OH excluding ortho intramolecular Hbond substituents is 1. The third kappa shape index (κ3) is 3.92. The summed E-state index contributed by atoms with van der Waals surface area (Å²) in [6.07, 6.45) is 3.18. The number of rotatable bonds is 4. The summed E-state index contributed by atoms with van der Waals surface area (Å²) >= 11 is 0. The zero-order valence-electron chi connectivity index (χ0n) is 10.8. The van der Waals surface area contributed by atoms with Crippen molar-refractivity contribution < 1.29 is 14.3 Å². The van der Waals surface area contributed by atoms with E-state index in [2.05, 4.69) is 10.6 Å². The Morgan fingerprint density at radius 2 is 2.16 bits per heavy atom. The van der Waals surface area contributed by atoms with Gasteiger partial charge in [-0.2, -0.15) is 0 Å². The summed E-state index contributed by atoms with van der Waals surface area (Å²) in [6, 6.07) is 3.55. The van der Waals surface area contributed by atoms with Crippen molar-refractivity contribution in [3.8, 4) is 5.75 Å². The second-order valence-corrected chi connectivity index (χ2v) is 4.90. The van der Waals surface area contributed by atoms with Crippen molar-refractivity contribution >= 4 is 5.91 Å². The number of benzene rings is 1. The van der Waals surface area contributed by atoms with Crippen molar-refractivity contribution in [2.75, 3.05) is 19.6 Å². The van der Waals surface area contributed by atoms with Gasteiger partial charge in [-0.15, -0.1) is 0 Å². The number of halogens is 1. The predicted molar refractivity (Wildman–Crippen MR) is 70.6 cm³/mol. The Morgan fingerprint density at radius 1 is 1.42 bits per heavy atom. The summed E-state index contributed by atoms with van der Waals surface area (Å²) in [7, 11) is 0. The van der Waals surface area contributed by atoms with Crippen molar-refractivity contribution in [3.05, 3.63) is 29.6 Å². The van der Waals surface area contributed by atoms with Gasteiger partial charge < -0.3 is 15.7 Å². The maximum Gasteiger partial charge on any atom is 0.254 e. The second-order valence-electron chi connectivity index (χ2n) is 4.90. The molecule has 0 saturated carbocycles. The van der Waals surface area contributed by atoms with E-state index in [4.69, 9.17) is 5.11 Å². The van der Waals surface area contributed by atoms with Crippen LogP contribution in [0, 0.1) is 11.7 Å². The van der Waals surface area contributed by atoms with Gasteiger partial charge in [-0.1, -0.05) is 0 Å². The monoisotopic (exact) mass is 266 g/mol. The third-order valence-corrected chi connectivity index (χ3v) is 3.49. The van der Waals surface area contributed by atoms with Crippen LogP contribution in [0.3, 0.4) is 0 Å². The Balaban J connectivity index is 1.80. The van der Waals surface area contributed by atoms with Gasteiger partial charge in [0, 0.05) is 12.6 Å². The standard InChI is InChI=1S/C14H19FN2O2/c15-13-9-11(18)1-2-12(13)14(19)17-8-5-10-3-6-16-7-4-10/h1-2,9-10,16,18H,3-8H2,(H,17,19). The molecule has 1 aromatic rings. The Kier molecular flexibility index (Phi) is 4.74. The van der Waals surface area contributed by atoms with E-state index in [1.807, 2.05) is 0 Å². The highest BCUT2D eigenvalue weighted by atomic mass is 19.1. The van der Waals surface area contributed by atoms with Crippen LogP contribution in [-0.4, -0.2) is 30.6 Å². The van der Waals surface area contributed by atoms with Crippen LogP contribution in [0.25, 0.3) is 0 Å². The minimum atomic E-state index is -0.695. The molecule has 0 aliphatic carbocycles. The number of amides is 1. The van der Waals surface area contributed by atoms with E-state index in [9.17, 15) is 9.18 Å². The molecule has 1 saturated heterocycles. The van der Waals surface area contributed by atoms with Crippen molar-refractivity contribution in [2.24, 2.45) is 5.92 Å². The lowest BCUT2D eigenvalue weighted by molar-refractivity contribution is 0.0946. The highest BCUT2D eigenvalue weighted by molar-refractivity contribution is 5.94. The van der Waals surface area contributed by atoms with Gasteiger partial charge in [0.25, 0.3) is 5.91 Å². The normalized spacial score (nSPS) is 16.3. The minimum Gasteiger partial charge on any atom is -0.508 e. The van der Waals surface area contributed by atoms with E-state index in [0.717, 1.165) is 38.4 Å². The average molecular weight is 266 g/mol. The number of aromatic hydroxyl groups is 1. The Morgan fingerprint density at radius 3 is 2.84 bits per heavy atom. The fourth-order valence-electron chi connectivity index (χ4n) is 2.34. The Labute approximate surface area is 112 Å². The van der Waals surface area contributed by atoms with Crippen LogP contribution in [-0.2, 0) is 0 Å². The van der Waals surface area contributed by atoms with Crippen molar-refractivity contribution in [1.82, 2.24) is 10.6 Å². The number of piperidine rings is 1. The maximum absolute atomic E-state index is 13.5. The fourth-order valence-corrected chi connectivity index (χ4v) is 2.34. The van der Waals surface area contributed by atoms with Crippen LogP contribution in [0.4, 0.5) is 4.39 Å². The van der Waals surface area contributed by atoms with Crippen LogP contribution in [0.5, 0.6) is 5.75 Å². The van der Waals surface area contributed by atoms with E-state index in [1.165, 1.54) is 12.1 Å². The van der Waals surface area contributed by atoms with Crippen molar-refractivity contribution in [3.63, 3.8) is 0 Å². The molecule has 1 heterocycles. The summed E-state index contributed by atoms with van der Waals surface area (Å²) in [5.74, 6) is -0.666. The van der Waals surface area contributed by atoms with E-state index >= 15 is 0 Å². The van der Waals surface area contributed by atoms with Gasteiger partial charge in [0.1, 0.15) is 11.6 Å². The van der Waals surface area contributed by atoms with E-state index in [0.29, 0.717) is 12.5 Å². The molecule has 0 bridgehead atoms. The lowest BCUT2D eigenvalue weighted by Gasteiger charge is -2.22. The summed E-state index contributed by atoms with van der Waals surface area (Å²) in [6.45, 7) is 2.63. The van der Waals surface area contributed by atoms with Gasteiger partial charge in [-0.25, -0.2) is 4.39 Å². The molecule has 3 N–H and O–H groups in total. The van der Waals surface area contributed by atoms with Crippen molar-refractivity contribution in [1.29, 1.82) is 0 Å². The second kappa shape index (κ2) is 6.52. The third-order valence-electron chi connectivity index (χ3n) is 3.49. The number of phenols is 1. The Hall–Kier alpha value is -1.62. The molecule has 1 aromatic carbocycles. The van der Waals surface area contributed by atoms with E-state index in [1.54, 1.807) is 0 Å². The van der Waals surface area contributed by atoms with Crippen LogP contribution in [0.2, 0.25) is 0 Å². The van der Waals surface area contributed by atoms with Crippen LogP contribution >= 0.6 is 0 Å². The number of nitrogens with one attached hydrogen (secondary N) is 2. The van der Waals surface area contributed by atoms with Gasteiger partial charge in [-0.05, 0) is 50.4 Å². The van der Waals surface area contributed by atoms with Crippen LogP contribution < -0.4 is 10.6 Å². The molecule has 1 amide bonds. The van der Waals surface area contributed by atoms with Gasteiger partial charge in [0.2, 0.25) is 0 Å². The molecule has 0 atom stereocenters. The van der Waals surface area contributed by atoms with Crippen molar-refractivity contribution in [2.45, 2.75) is 19.3 Å².